The fourth-order valence-electron chi connectivity index (χ4n) is 9.74. The lowest BCUT2D eigenvalue weighted by molar-refractivity contribution is -0.386. The third kappa shape index (κ3) is 9.01. The van der Waals surface area contributed by atoms with E-state index in [1.165, 1.54) is 28.8 Å². The maximum atomic E-state index is 14.2. The summed E-state index contributed by atoms with van der Waals surface area (Å²) in [7, 11) is -4.60. The number of nitro benzene ring substituents is 1. The lowest BCUT2D eigenvalue weighted by atomic mass is 9.72. The number of piperazine rings is 1. The van der Waals surface area contributed by atoms with Crippen molar-refractivity contribution in [1.82, 2.24) is 34.3 Å². The number of nitrogens with one attached hydrogen (secondary N) is 2. The number of nitro groups is 1. The predicted octanol–water partition coefficient (Wildman–Crippen LogP) is 7.47. The molecule has 1 aliphatic carbocycles. The van der Waals surface area contributed by atoms with Crippen LogP contribution in [0.4, 0.5) is 11.4 Å². The maximum Gasteiger partial charge on any atom is 0.312 e. The number of fused-ring (bicyclic) bond motifs is 2. The molecule has 0 bridgehead atoms. The lowest BCUT2D eigenvalue weighted by Crippen LogP contribution is -2.48. The number of aromatic amines is 1. The molecule has 0 spiro atoms. The van der Waals surface area contributed by atoms with Gasteiger partial charge < -0.3 is 19.4 Å². The summed E-state index contributed by atoms with van der Waals surface area (Å²) in [6.07, 6.45) is 7.47. The van der Waals surface area contributed by atoms with Crippen LogP contribution in [-0.4, -0.2) is 120 Å². The lowest BCUT2D eigenvalue weighted by Gasteiger charge is -2.39. The van der Waals surface area contributed by atoms with Crippen molar-refractivity contribution in [2.45, 2.75) is 50.5 Å². The summed E-state index contributed by atoms with van der Waals surface area (Å²) in [5.41, 5.74) is 6.94. The number of carbonyl (C=O) groups is 1. The van der Waals surface area contributed by atoms with Crippen LogP contribution in [0.15, 0.2) is 95.7 Å². The van der Waals surface area contributed by atoms with Crippen molar-refractivity contribution in [1.29, 1.82) is 0 Å². The van der Waals surface area contributed by atoms with Crippen molar-refractivity contribution < 1.29 is 27.6 Å². The van der Waals surface area contributed by atoms with Crippen LogP contribution in [0.2, 0.25) is 5.02 Å². The number of sulfonamides is 1. The number of allylic oxidation sites excluding steroid dienone is 1. The molecule has 3 saturated heterocycles. The number of benzene rings is 3. The Morgan fingerprint density at radius 3 is 2.59 bits per heavy atom. The molecule has 66 heavy (non-hydrogen) atoms. The van der Waals surface area contributed by atoms with Gasteiger partial charge in [0, 0.05) is 73.5 Å². The van der Waals surface area contributed by atoms with Crippen LogP contribution < -0.4 is 14.4 Å². The van der Waals surface area contributed by atoms with Gasteiger partial charge in [0.15, 0.2) is 5.75 Å². The largest absolute Gasteiger partial charge is 0.486 e. The van der Waals surface area contributed by atoms with E-state index in [0.717, 1.165) is 93.7 Å². The first kappa shape index (κ1) is 44.0. The number of aromatic nitrogens is 4. The highest BCUT2D eigenvalue weighted by Gasteiger charge is 2.34. The van der Waals surface area contributed by atoms with Crippen molar-refractivity contribution in [3.8, 4) is 11.4 Å². The maximum absolute atomic E-state index is 14.2. The standard InChI is InChI=1S/C48H52ClN9O7S/c1-48(2)14-11-34(40(24-48)32-3-5-35(49)6-4-32)27-54-17-19-55(20-18-54)36-7-9-39(42(22-36)57-43-21-33-12-15-50-46(33)52-41(43)25-51-57)47(59)53-66(62,63)38-8-10-45(44(23-38)58(60)61)65-28-31-13-16-56(26-31)37-29-64-30-37/h3-10,12,15,21-23,25,31,37H,11,13-14,16-20,24,26-30H2,1-2H3,(H,50,52)(H,53,59). The molecule has 0 radical (unpaired) electrons. The second-order valence-corrected chi connectivity index (χ2v) is 20.9. The number of nitrogens with zero attached hydrogens (tertiary/aromatic N) is 7. The first-order valence-corrected chi connectivity index (χ1v) is 24.3. The smallest absolute Gasteiger partial charge is 0.312 e. The normalized spacial score (nSPS) is 19.7. The summed E-state index contributed by atoms with van der Waals surface area (Å²) >= 11 is 6.26. The Bertz CT molecular complexity index is 2980. The molecule has 18 heteroatoms. The zero-order valence-corrected chi connectivity index (χ0v) is 38.5. The second kappa shape index (κ2) is 17.8. The number of amides is 1. The quantitative estimate of drug-likeness (QED) is 0.0863. The number of hydrogen-bond acceptors (Lipinski definition) is 12. The number of halogens is 1. The number of carbonyl (C=O) groups excluding carboxylic acids is 1. The van der Waals surface area contributed by atoms with E-state index in [-0.39, 0.29) is 29.3 Å². The summed E-state index contributed by atoms with van der Waals surface area (Å²) in [6.45, 7) is 12.0. The number of hydrogen-bond donors (Lipinski definition) is 2. The average Bonchev–Trinajstić information content (AvgIpc) is 4.05. The third-order valence-electron chi connectivity index (χ3n) is 13.6. The third-order valence-corrected chi connectivity index (χ3v) is 15.2. The van der Waals surface area contributed by atoms with Crippen LogP contribution in [0, 0.1) is 21.4 Å². The summed E-state index contributed by atoms with van der Waals surface area (Å²) in [6, 6.07) is 21.1. The molecule has 6 aromatic rings. The summed E-state index contributed by atoms with van der Waals surface area (Å²) < 4.78 is 42.8. The first-order chi connectivity index (χ1) is 31.8. The van der Waals surface area contributed by atoms with Gasteiger partial charge in [0.2, 0.25) is 0 Å². The zero-order chi connectivity index (χ0) is 45.7. The van der Waals surface area contributed by atoms with Crippen LogP contribution in [0.25, 0.3) is 33.3 Å². The Morgan fingerprint density at radius 1 is 1.03 bits per heavy atom. The van der Waals surface area contributed by atoms with E-state index in [4.69, 9.17) is 26.1 Å². The van der Waals surface area contributed by atoms with Crippen molar-refractivity contribution >= 4 is 66.5 Å². The van der Waals surface area contributed by atoms with Crippen molar-refractivity contribution in [2.75, 3.05) is 70.5 Å². The number of rotatable bonds is 13. The fraction of sp³-hybridized carbons (Fsp3) is 0.396. The molecular formula is C48H52ClN9O7S. The van der Waals surface area contributed by atoms with Crippen LogP contribution >= 0.6 is 11.6 Å². The van der Waals surface area contributed by atoms with E-state index in [1.54, 1.807) is 23.1 Å². The van der Waals surface area contributed by atoms with Gasteiger partial charge in [-0.2, -0.15) is 5.10 Å². The average molecular weight is 935 g/mol. The minimum absolute atomic E-state index is 0.0375. The van der Waals surface area contributed by atoms with E-state index >= 15 is 0 Å². The topological polar surface area (TPSA) is 181 Å². The molecule has 16 nitrogen and oxygen atoms in total. The minimum Gasteiger partial charge on any atom is -0.486 e. The van der Waals surface area contributed by atoms with Gasteiger partial charge in [0.05, 0.1) is 58.6 Å². The highest BCUT2D eigenvalue weighted by molar-refractivity contribution is 7.90. The van der Waals surface area contributed by atoms with E-state index in [9.17, 15) is 23.3 Å². The highest BCUT2D eigenvalue weighted by Crippen LogP contribution is 2.43. The molecule has 3 aromatic carbocycles. The number of likely N-dealkylation sites (tertiary alicyclic amines) is 1. The number of anilines is 1. The Morgan fingerprint density at radius 2 is 1.83 bits per heavy atom. The summed E-state index contributed by atoms with van der Waals surface area (Å²) in [5.74, 6) is -0.795. The van der Waals surface area contributed by atoms with E-state index in [2.05, 4.69) is 55.5 Å². The van der Waals surface area contributed by atoms with Gasteiger partial charge in [-0.05, 0) is 103 Å². The fourth-order valence-corrected chi connectivity index (χ4v) is 10.8. The molecular weight excluding hydrogens is 882 g/mol. The molecule has 0 saturated carbocycles. The molecule has 3 fully saturated rings. The van der Waals surface area contributed by atoms with Gasteiger partial charge in [0.25, 0.3) is 15.9 Å². The SMILES string of the molecule is CC1(C)CCC(CN2CCN(c3ccc(C(=O)NS(=O)(=O)c4ccc(OCC5CCN(C6COC6)C5)c([N+](=O)[O-])c4)c(-n4ncc5nc6[nH]ccc6cc54)c3)CC2)=C(c2ccc(Cl)cc2)C1. The van der Waals surface area contributed by atoms with Gasteiger partial charge in [-0.3, -0.25) is 24.7 Å². The predicted molar refractivity (Wildman–Crippen MR) is 253 cm³/mol. The molecule has 6 heterocycles. The molecule has 10 rings (SSSR count). The summed E-state index contributed by atoms with van der Waals surface area (Å²) in [4.78, 5) is 40.3. The van der Waals surface area contributed by atoms with Crippen molar-refractivity contribution in [3.63, 3.8) is 0 Å². The zero-order valence-electron chi connectivity index (χ0n) is 36.9. The monoisotopic (exact) mass is 933 g/mol. The Labute approximate surface area is 387 Å². The molecule has 3 aliphatic heterocycles. The Balaban J connectivity index is 0.890. The van der Waals surface area contributed by atoms with Crippen LogP contribution in [0.3, 0.4) is 0 Å². The minimum atomic E-state index is -4.60. The number of ether oxygens (including phenoxy) is 2. The van der Waals surface area contributed by atoms with Crippen LogP contribution in [0.5, 0.6) is 5.75 Å². The molecule has 1 atom stereocenters. The highest BCUT2D eigenvalue weighted by atomic mass is 35.5. The molecule has 4 aliphatic rings. The van der Waals surface area contributed by atoms with Gasteiger partial charge in [0.1, 0.15) is 11.2 Å². The van der Waals surface area contributed by atoms with Crippen LogP contribution in [0.1, 0.15) is 55.5 Å². The van der Waals surface area contributed by atoms with Gasteiger partial charge in [-0.1, -0.05) is 43.2 Å². The van der Waals surface area contributed by atoms with E-state index in [1.807, 2.05) is 36.4 Å². The molecule has 1 amide bonds. The Hall–Kier alpha value is -5.85. The van der Waals surface area contributed by atoms with E-state index < -0.39 is 31.4 Å². The van der Waals surface area contributed by atoms with Crippen molar-refractivity contribution in [3.05, 3.63) is 117 Å². The molecule has 2 N–H and O–H groups in total. The Kier molecular flexibility index (Phi) is 11.8. The molecule has 344 valence electrons. The van der Waals surface area contributed by atoms with Gasteiger partial charge in [-0.15, -0.1) is 0 Å². The van der Waals surface area contributed by atoms with Crippen molar-refractivity contribution in [2.24, 2.45) is 11.3 Å². The number of pyridine rings is 1. The van der Waals surface area contributed by atoms with Crippen LogP contribution in [-0.2, 0) is 14.8 Å². The number of H-pyrrole nitrogens is 1. The second-order valence-electron chi connectivity index (χ2n) is 18.7. The molecule has 1 unspecified atom stereocenters. The molecule has 3 aromatic heterocycles. The van der Waals surface area contributed by atoms with Gasteiger partial charge >= 0.3 is 5.69 Å². The van der Waals surface area contributed by atoms with E-state index in [0.29, 0.717) is 41.6 Å². The first-order valence-electron chi connectivity index (χ1n) is 22.5. The van der Waals surface area contributed by atoms with Gasteiger partial charge in [-0.25, -0.2) is 22.8 Å². The summed E-state index contributed by atoms with van der Waals surface area (Å²) in [5, 5.41) is 18.5.